The topological polar surface area (TPSA) is 26.0 Å². The number of halogens is 1. The van der Waals surface area contributed by atoms with Crippen LogP contribution in [0.2, 0.25) is 5.02 Å². The maximum Gasteiger partial charge on any atom is 0.0408 e. The summed E-state index contributed by atoms with van der Waals surface area (Å²) < 4.78 is 0. The van der Waals surface area contributed by atoms with E-state index in [4.69, 9.17) is 17.3 Å². The molecule has 2 heteroatoms. The zero-order valence-corrected chi connectivity index (χ0v) is 9.64. The normalized spacial score (nSPS) is 11.7. The lowest BCUT2D eigenvalue weighted by molar-refractivity contribution is 0.339. The highest BCUT2D eigenvalue weighted by molar-refractivity contribution is 6.30. The molecule has 0 saturated carbocycles. The van der Waals surface area contributed by atoms with Gasteiger partial charge in [0, 0.05) is 5.02 Å². The first-order valence-corrected chi connectivity index (χ1v) is 5.36. The third-order valence-electron chi connectivity index (χ3n) is 2.39. The molecule has 0 aromatic heterocycles. The van der Waals surface area contributed by atoms with Crippen LogP contribution in [0.5, 0.6) is 0 Å². The Morgan fingerprint density at radius 1 is 1.36 bits per heavy atom. The monoisotopic (exact) mass is 211 g/mol. The molecule has 14 heavy (non-hydrogen) atoms. The van der Waals surface area contributed by atoms with Crippen molar-refractivity contribution < 1.29 is 0 Å². The first-order valence-electron chi connectivity index (χ1n) is 4.98. The molecular weight excluding hydrogens is 194 g/mol. The Hall–Kier alpha value is -0.530. The van der Waals surface area contributed by atoms with Gasteiger partial charge in [-0.15, -0.1) is 0 Å². The number of hydrogen-bond donors (Lipinski definition) is 1. The van der Waals surface area contributed by atoms with E-state index in [2.05, 4.69) is 19.9 Å². The van der Waals surface area contributed by atoms with Gasteiger partial charge in [0.05, 0.1) is 0 Å². The van der Waals surface area contributed by atoms with Crippen molar-refractivity contribution >= 4 is 11.6 Å². The lowest BCUT2D eigenvalue weighted by Crippen LogP contribution is -2.19. The molecule has 1 nitrogen and oxygen atoms in total. The average molecular weight is 212 g/mol. The smallest absolute Gasteiger partial charge is 0.0408 e. The Bertz CT molecular complexity index is 294. The Morgan fingerprint density at radius 3 is 2.64 bits per heavy atom. The molecule has 0 aliphatic rings. The zero-order valence-electron chi connectivity index (χ0n) is 8.89. The van der Waals surface area contributed by atoms with Crippen LogP contribution in [0, 0.1) is 5.41 Å². The van der Waals surface area contributed by atoms with E-state index in [0.717, 1.165) is 24.4 Å². The summed E-state index contributed by atoms with van der Waals surface area (Å²) in [4.78, 5) is 0. The van der Waals surface area contributed by atoms with Gasteiger partial charge in [0.25, 0.3) is 0 Å². The van der Waals surface area contributed by atoms with Crippen molar-refractivity contribution in [1.82, 2.24) is 0 Å². The quantitative estimate of drug-likeness (QED) is 0.813. The van der Waals surface area contributed by atoms with Gasteiger partial charge >= 0.3 is 0 Å². The molecule has 78 valence electrons. The molecule has 0 bridgehead atoms. The van der Waals surface area contributed by atoms with Crippen LogP contribution in [0.15, 0.2) is 24.3 Å². The molecule has 1 aromatic carbocycles. The second-order valence-electron chi connectivity index (χ2n) is 4.51. The summed E-state index contributed by atoms with van der Waals surface area (Å²) >= 11 is 5.93. The number of hydrogen-bond acceptors (Lipinski definition) is 1. The van der Waals surface area contributed by atoms with E-state index in [-0.39, 0.29) is 5.41 Å². The summed E-state index contributed by atoms with van der Waals surface area (Å²) in [5.41, 5.74) is 7.12. The molecule has 0 aliphatic heterocycles. The Morgan fingerprint density at radius 2 is 2.07 bits per heavy atom. The van der Waals surface area contributed by atoms with Crippen LogP contribution >= 0.6 is 11.6 Å². The van der Waals surface area contributed by atoms with Gasteiger partial charge in [-0.05, 0) is 42.5 Å². The second kappa shape index (κ2) is 4.81. The Kier molecular flexibility index (Phi) is 3.97. The van der Waals surface area contributed by atoms with Crippen LogP contribution in [0.25, 0.3) is 0 Å². The fraction of sp³-hybridized carbons (Fsp3) is 0.500. The summed E-state index contributed by atoms with van der Waals surface area (Å²) in [5, 5.41) is 0.811. The van der Waals surface area contributed by atoms with Crippen LogP contribution in [0.4, 0.5) is 0 Å². The second-order valence-corrected chi connectivity index (χ2v) is 4.95. The molecule has 0 heterocycles. The number of benzene rings is 1. The van der Waals surface area contributed by atoms with Crippen molar-refractivity contribution in [3.8, 4) is 0 Å². The maximum absolute atomic E-state index is 5.93. The predicted octanol–water partition coefficient (Wildman–Crippen LogP) is 3.26. The van der Waals surface area contributed by atoms with Crippen molar-refractivity contribution in [2.24, 2.45) is 11.1 Å². The van der Waals surface area contributed by atoms with Crippen molar-refractivity contribution in [2.45, 2.75) is 26.7 Å². The fourth-order valence-electron chi connectivity index (χ4n) is 1.68. The van der Waals surface area contributed by atoms with Gasteiger partial charge < -0.3 is 5.73 Å². The molecule has 0 radical (unpaired) electrons. The molecule has 0 atom stereocenters. The molecular formula is C12H18ClN. The van der Waals surface area contributed by atoms with Crippen LogP contribution in [-0.4, -0.2) is 6.54 Å². The fourth-order valence-corrected chi connectivity index (χ4v) is 1.89. The van der Waals surface area contributed by atoms with Crippen molar-refractivity contribution in [3.63, 3.8) is 0 Å². The third-order valence-corrected chi connectivity index (χ3v) is 2.63. The van der Waals surface area contributed by atoms with E-state index in [1.165, 1.54) is 5.56 Å². The SMILES string of the molecule is CC(C)(CCN)Cc1cccc(Cl)c1. The van der Waals surface area contributed by atoms with Crippen molar-refractivity contribution in [3.05, 3.63) is 34.9 Å². The van der Waals surface area contributed by atoms with Gasteiger partial charge in [0.2, 0.25) is 0 Å². The highest BCUT2D eigenvalue weighted by Gasteiger charge is 2.17. The first kappa shape index (κ1) is 11.5. The van der Waals surface area contributed by atoms with Gasteiger partial charge in [-0.3, -0.25) is 0 Å². The standard InChI is InChI=1S/C12H18ClN/c1-12(2,6-7-14)9-10-4-3-5-11(13)8-10/h3-5,8H,6-7,9,14H2,1-2H3. The van der Waals surface area contributed by atoms with Crippen LogP contribution in [0.3, 0.4) is 0 Å². The molecule has 2 N–H and O–H groups in total. The minimum absolute atomic E-state index is 0.263. The van der Waals surface area contributed by atoms with Crippen LogP contribution in [-0.2, 0) is 6.42 Å². The van der Waals surface area contributed by atoms with E-state index in [1.54, 1.807) is 0 Å². The Labute approximate surface area is 91.3 Å². The van der Waals surface area contributed by atoms with Gasteiger partial charge in [-0.1, -0.05) is 37.6 Å². The molecule has 0 fully saturated rings. The lowest BCUT2D eigenvalue weighted by Gasteiger charge is -2.23. The molecule has 0 saturated heterocycles. The highest BCUT2D eigenvalue weighted by atomic mass is 35.5. The molecule has 1 rings (SSSR count). The van der Waals surface area contributed by atoms with Gasteiger partial charge in [-0.25, -0.2) is 0 Å². The molecule has 0 aliphatic carbocycles. The summed E-state index contributed by atoms with van der Waals surface area (Å²) in [5.74, 6) is 0. The van der Waals surface area contributed by atoms with Crippen LogP contribution in [0.1, 0.15) is 25.8 Å². The van der Waals surface area contributed by atoms with Gasteiger partial charge in [0.15, 0.2) is 0 Å². The summed E-state index contributed by atoms with van der Waals surface area (Å²) in [6, 6.07) is 8.04. The van der Waals surface area contributed by atoms with E-state index < -0.39 is 0 Å². The van der Waals surface area contributed by atoms with Gasteiger partial charge in [-0.2, -0.15) is 0 Å². The van der Waals surface area contributed by atoms with E-state index in [0.29, 0.717) is 0 Å². The van der Waals surface area contributed by atoms with E-state index in [9.17, 15) is 0 Å². The average Bonchev–Trinajstić information content (AvgIpc) is 2.02. The van der Waals surface area contributed by atoms with E-state index >= 15 is 0 Å². The summed E-state index contributed by atoms with van der Waals surface area (Å²) in [7, 11) is 0. The molecule has 0 unspecified atom stereocenters. The molecule has 0 amide bonds. The minimum atomic E-state index is 0.263. The third kappa shape index (κ3) is 3.69. The summed E-state index contributed by atoms with van der Waals surface area (Å²) in [6.07, 6.45) is 2.07. The zero-order chi connectivity index (χ0) is 10.6. The molecule has 1 aromatic rings. The van der Waals surface area contributed by atoms with Crippen LogP contribution < -0.4 is 5.73 Å². The van der Waals surface area contributed by atoms with E-state index in [1.807, 2.05) is 18.2 Å². The predicted molar refractivity (Wildman–Crippen MR) is 62.6 cm³/mol. The van der Waals surface area contributed by atoms with Crippen molar-refractivity contribution in [2.75, 3.05) is 6.54 Å². The minimum Gasteiger partial charge on any atom is -0.330 e. The maximum atomic E-state index is 5.93. The Balaban J connectivity index is 2.68. The summed E-state index contributed by atoms with van der Waals surface area (Å²) in [6.45, 7) is 5.22. The highest BCUT2D eigenvalue weighted by Crippen LogP contribution is 2.26. The number of nitrogens with two attached hydrogens (primary N) is 1. The number of rotatable bonds is 4. The van der Waals surface area contributed by atoms with Gasteiger partial charge in [0.1, 0.15) is 0 Å². The first-order chi connectivity index (χ1) is 6.53. The molecule has 0 spiro atoms. The lowest BCUT2D eigenvalue weighted by atomic mass is 9.83. The van der Waals surface area contributed by atoms with Crippen molar-refractivity contribution in [1.29, 1.82) is 0 Å². The largest absolute Gasteiger partial charge is 0.330 e.